The summed E-state index contributed by atoms with van der Waals surface area (Å²) in [6.45, 7) is 2.77. The second-order valence-corrected chi connectivity index (χ2v) is 6.05. The Morgan fingerprint density at radius 3 is 3.00 bits per heavy atom. The molecule has 2 N–H and O–H groups in total. The van der Waals surface area contributed by atoms with E-state index in [1.54, 1.807) is 0 Å². The van der Waals surface area contributed by atoms with Gasteiger partial charge in [-0.15, -0.1) is 0 Å². The Kier molecular flexibility index (Phi) is 3.81. The molecule has 1 aromatic carbocycles. The zero-order chi connectivity index (χ0) is 14.1. The highest BCUT2D eigenvalue weighted by atomic mass is 35.5. The summed E-state index contributed by atoms with van der Waals surface area (Å²) in [6.07, 6.45) is 7.51. The van der Waals surface area contributed by atoms with Crippen LogP contribution in [0.1, 0.15) is 30.9 Å². The van der Waals surface area contributed by atoms with Gasteiger partial charge in [0.15, 0.2) is 0 Å². The highest BCUT2D eigenvalue weighted by molar-refractivity contribution is 6.31. The van der Waals surface area contributed by atoms with Crippen LogP contribution in [0.15, 0.2) is 30.7 Å². The molecule has 20 heavy (non-hydrogen) atoms. The van der Waals surface area contributed by atoms with Crippen LogP contribution in [-0.2, 0) is 0 Å². The normalized spacial score (nSPS) is 22.4. The Bertz CT molecular complexity index is 606. The van der Waals surface area contributed by atoms with E-state index in [0.29, 0.717) is 12.0 Å². The maximum atomic E-state index is 6.25. The molecule has 0 spiro atoms. The van der Waals surface area contributed by atoms with Crippen molar-refractivity contribution in [2.75, 3.05) is 6.54 Å². The standard InChI is InChI=1S/C16H20ClN3/c1-11-5-6-12(7-14(11)17)16-9-19-10-20(16)15-4-2-3-13(15)8-18/h5-7,9-10,13,15H,2-4,8,18H2,1H3. The molecule has 0 amide bonds. The zero-order valence-electron chi connectivity index (χ0n) is 11.7. The van der Waals surface area contributed by atoms with Gasteiger partial charge in [0.1, 0.15) is 0 Å². The van der Waals surface area contributed by atoms with Gasteiger partial charge in [0.25, 0.3) is 0 Å². The molecule has 1 heterocycles. The smallest absolute Gasteiger partial charge is 0.0953 e. The second-order valence-electron chi connectivity index (χ2n) is 5.64. The minimum Gasteiger partial charge on any atom is -0.330 e. The van der Waals surface area contributed by atoms with Crippen LogP contribution in [0.2, 0.25) is 5.02 Å². The molecule has 2 aromatic rings. The van der Waals surface area contributed by atoms with Gasteiger partial charge in [0.05, 0.1) is 18.2 Å². The number of halogens is 1. The Morgan fingerprint density at radius 2 is 2.25 bits per heavy atom. The summed E-state index contributed by atoms with van der Waals surface area (Å²) in [5.74, 6) is 0.559. The number of imidazole rings is 1. The van der Waals surface area contributed by atoms with Crippen LogP contribution in [-0.4, -0.2) is 16.1 Å². The SMILES string of the molecule is Cc1ccc(-c2cncn2C2CCCC2CN)cc1Cl. The molecule has 1 aliphatic carbocycles. The zero-order valence-corrected chi connectivity index (χ0v) is 12.5. The van der Waals surface area contributed by atoms with Gasteiger partial charge in [0.2, 0.25) is 0 Å². The van der Waals surface area contributed by atoms with E-state index < -0.39 is 0 Å². The molecule has 2 atom stereocenters. The van der Waals surface area contributed by atoms with Crippen LogP contribution in [0.25, 0.3) is 11.3 Å². The minimum atomic E-state index is 0.470. The van der Waals surface area contributed by atoms with Crippen molar-refractivity contribution in [3.8, 4) is 11.3 Å². The van der Waals surface area contributed by atoms with Crippen LogP contribution >= 0.6 is 11.6 Å². The van der Waals surface area contributed by atoms with Crippen molar-refractivity contribution < 1.29 is 0 Å². The van der Waals surface area contributed by atoms with Crippen molar-refractivity contribution >= 4 is 11.6 Å². The molecule has 0 saturated heterocycles. The van der Waals surface area contributed by atoms with E-state index >= 15 is 0 Å². The van der Waals surface area contributed by atoms with Gasteiger partial charge in [-0.25, -0.2) is 4.98 Å². The molecule has 0 aliphatic heterocycles. The van der Waals surface area contributed by atoms with E-state index in [9.17, 15) is 0 Å². The van der Waals surface area contributed by atoms with Crippen LogP contribution in [0.3, 0.4) is 0 Å². The van der Waals surface area contributed by atoms with Gasteiger partial charge in [-0.3, -0.25) is 0 Å². The number of nitrogens with two attached hydrogens (primary N) is 1. The largest absolute Gasteiger partial charge is 0.330 e. The average molecular weight is 290 g/mol. The van der Waals surface area contributed by atoms with Crippen molar-refractivity contribution in [2.45, 2.75) is 32.2 Å². The van der Waals surface area contributed by atoms with E-state index in [0.717, 1.165) is 28.4 Å². The minimum absolute atomic E-state index is 0.470. The molecule has 106 valence electrons. The summed E-state index contributed by atoms with van der Waals surface area (Å²) in [7, 11) is 0. The first-order chi connectivity index (χ1) is 9.70. The number of aryl methyl sites for hydroxylation is 1. The number of aromatic nitrogens is 2. The maximum absolute atomic E-state index is 6.25. The third kappa shape index (κ3) is 2.36. The summed E-state index contributed by atoms with van der Waals surface area (Å²) < 4.78 is 2.28. The molecular weight excluding hydrogens is 270 g/mol. The van der Waals surface area contributed by atoms with Crippen molar-refractivity contribution in [1.82, 2.24) is 9.55 Å². The Labute approximate surface area is 124 Å². The molecule has 0 radical (unpaired) electrons. The third-order valence-electron chi connectivity index (χ3n) is 4.41. The van der Waals surface area contributed by atoms with Crippen LogP contribution < -0.4 is 5.73 Å². The fraction of sp³-hybridized carbons (Fsp3) is 0.438. The number of rotatable bonds is 3. The van der Waals surface area contributed by atoms with Crippen molar-refractivity contribution in [3.63, 3.8) is 0 Å². The van der Waals surface area contributed by atoms with Gasteiger partial charge in [0, 0.05) is 16.6 Å². The third-order valence-corrected chi connectivity index (χ3v) is 4.82. The molecule has 1 aliphatic rings. The second kappa shape index (κ2) is 5.58. The molecule has 1 aromatic heterocycles. The highest BCUT2D eigenvalue weighted by Gasteiger charge is 2.28. The Balaban J connectivity index is 1.99. The van der Waals surface area contributed by atoms with Gasteiger partial charge < -0.3 is 10.3 Å². The van der Waals surface area contributed by atoms with Gasteiger partial charge in [-0.1, -0.05) is 30.2 Å². The van der Waals surface area contributed by atoms with Crippen LogP contribution in [0, 0.1) is 12.8 Å². The quantitative estimate of drug-likeness (QED) is 0.934. The van der Waals surface area contributed by atoms with E-state index in [2.05, 4.69) is 21.7 Å². The first-order valence-corrected chi connectivity index (χ1v) is 7.57. The number of nitrogens with zero attached hydrogens (tertiary/aromatic N) is 2. The maximum Gasteiger partial charge on any atom is 0.0953 e. The molecule has 0 bridgehead atoms. The van der Waals surface area contributed by atoms with E-state index in [1.807, 2.05) is 25.5 Å². The van der Waals surface area contributed by atoms with Crippen LogP contribution in [0.5, 0.6) is 0 Å². The van der Waals surface area contributed by atoms with Gasteiger partial charge >= 0.3 is 0 Å². The average Bonchev–Trinajstić information content (AvgIpc) is 3.08. The van der Waals surface area contributed by atoms with E-state index in [1.165, 1.54) is 19.3 Å². The van der Waals surface area contributed by atoms with E-state index in [4.69, 9.17) is 17.3 Å². The highest BCUT2D eigenvalue weighted by Crippen LogP contribution is 2.38. The van der Waals surface area contributed by atoms with E-state index in [-0.39, 0.29) is 0 Å². The number of benzene rings is 1. The first kappa shape index (κ1) is 13.7. The Hall–Kier alpha value is -1.32. The summed E-state index contributed by atoms with van der Waals surface area (Å²) in [6, 6.07) is 6.67. The fourth-order valence-corrected chi connectivity index (χ4v) is 3.38. The molecule has 2 unspecified atom stereocenters. The number of hydrogen-bond donors (Lipinski definition) is 1. The lowest BCUT2D eigenvalue weighted by molar-refractivity contribution is 0.390. The van der Waals surface area contributed by atoms with Crippen molar-refractivity contribution in [1.29, 1.82) is 0 Å². The molecule has 3 rings (SSSR count). The molecule has 1 fully saturated rings. The van der Waals surface area contributed by atoms with Crippen molar-refractivity contribution in [3.05, 3.63) is 41.3 Å². The van der Waals surface area contributed by atoms with Crippen molar-refractivity contribution in [2.24, 2.45) is 11.7 Å². The lowest BCUT2D eigenvalue weighted by Gasteiger charge is -2.22. The summed E-state index contributed by atoms with van der Waals surface area (Å²) in [5, 5.41) is 0.803. The summed E-state index contributed by atoms with van der Waals surface area (Å²) >= 11 is 6.25. The summed E-state index contributed by atoms with van der Waals surface area (Å²) in [4.78, 5) is 4.34. The number of hydrogen-bond acceptors (Lipinski definition) is 2. The predicted octanol–water partition coefficient (Wildman–Crippen LogP) is 3.81. The topological polar surface area (TPSA) is 43.8 Å². The predicted molar refractivity (Wildman–Crippen MR) is 82.8 cm³/mol. The lowest BCUT2D eigenvalue weighted by Crippen LogP contribution is -2.21. The molecular formula is C16H20ClN3. The molecule has 4 heteroatoms. The lowest BCUT2D eigenvalue weighted by atomic mass is 10.0. The molecule has 1 saturated carbocycles. The Morgan fingerprint density at radius 1 is 1.40 bits per heavy atom. The first-order valence-electron chi connectivity index (χ1n) is 7.19. The molecule has 3 nitrogen and oxygen atoms in total. The fourth-order valence-electron chi connectivity index (χ4n) is 3.20. The monoisotopic (exact) mass is 289 g/mol. The van der Waals surface area contributed by atoms with Gasteiger partial charge in [-0.05, 0) is 43.9 Å². The van der Waals surface area contributed by atoms with Crippen LogP contribution in [0.4, 0.5) is 0 Å². The summed E-state index contributed by atoms with van der Waals surface area (Å²) in [5.41, 5.74) is 9.27. The van der Waals surface area contributed by atoms with Gasteiger partial charge in [-0.2, -0.15) is 0 Å².